The molecule has 0 saturated carbocycles. The lowest BCUT2D eigenvalue weighted by atomic mass is 9.96. The monoisotopic (exact) mass is 514 g/mol. The van der Waals surface area contributed by atoms with Crippen LogP contribution in [0.2, 0.25) is 0 Å². The van der Waals surface area contributed by atoms with Crippen LogP contribution in [0.3, 0.4) is 0 Å². The van der Waals surface area contributed by atoms with Crippen molar-refractivity contribution >= 4 is 23.0 Å². The highest BCUT2D eigenvalue weighted by Gasteiger charge is 2.41. The molecule has 2 atom stereocenters. The van der Waals surface area contributed by atoms with Gasteiger partial charge in [0.05, 0.1) is 53.8 Å². The third-order valence-corrected chi connectivity index (χ3v) is 7.01. The molecule has 1 aliphatic heterocycles. The van der Waals surface area contributed by atoms with E-state index in [0.717, 1.165) is 34.0 Å². The second kappa shape index (κ2) is 9.98. The molecule has 1 N–H and O–H groups in total. The highest BCUT2D eigenvalue weighted by molar-refractivity contribution is 7.80. The van der Waals surface area contributed by atoms with E-state index in [0.29, 0.717) is 17.4 Å². The van der Waals surface area contributed by atoms with E-state index >= 15 is 0 Å². The summed E-state index contributed by atoms with van der Waals surface area (Å²) in [6, 6.07) is 18.2. The van der Waals surface area contributed by atoms with Crippen molar-refractivity contribution in [3.8, 4) is 11.4 Å². The number of nitrogens with one attached hydrogen (secondary N) is 1. The van der Waals surface area contributed by atoms with Crippen molar-refractivity contribution in [3.63, 3.8) is 0 Å². The number of methoxy groups -OCH3 is 1. The molecule has 1 aliphatic rings. The number of non-ortho nitro benzene ring substituents is 1. The van der Waals surface area contributed by atoms with Gasteiger partial charge in [0, 0.05) is 29.8 Å². The average Bonchev–Trinajstić information content (AvgIpc) is 3.39. The lowest BCUT2D eigenvalue weighted by molar-refractivity contribution is -0.384. The first-order chi connectivity index (χ1) is 17.9. The molecule has 0 unspecified atom stereocenters. The van der Waals surface area contributed by atoms with Gasteiger partial charge in [0.1, 0.15) is 5.75 Å². The number of nitrogens with zero attached hydrogens (tertiary/aromatic N) is 5. The van der Waals surface area contributed by atoms with Gasteiger partial charge in [0.2, 0.25) is 0 Å². The van der Waals surface area contributed by atoms with Crippen LogP contribution in [0.25, 0.3) is 5.69 Å². The van der Waals surface area contributed by atoms with Gasteiger partial charge < -0.3 is 19.5 Å². The number of aromatic nitrogens is 3. The van der Waals surface area contributed by atoms with Gasteiger partial charge in [0.15, 0.2) is 5.11 Å². The fourth-order valence-corrected chi connectivity index (χ4v) is 5.31. The molecule has 5 rings (SSSR count). The summed E-state index contributed by atoms with van der Waals surface area (Å²) in [4.78, 5) is 22.2. The summed E-state index contributed by atoms with van der Waals surface area (Å²) in [6.45, 7) is 4.58. The first-order valence-electron chi connectivity index (χ1n) is 11.8. The van der Waals surface area contributed by atoms with Crippen LogP contribution in [-0.2, 0) is 6.54 Å². The maximum Gasteiger partial charge on any atom is 0.273 e. The van der Waals surface area contributed by atoms with Crippen molar-refractivity contribution in [3.05, 3.63) is 112 Å². The molecular formula is C27H26N6O3S. The Labute approximate surface area is 219 Å². The number of nitro groups is 1. The summed E-state index contributed by atoms with van der Waals surface area (Å²) in [5.41, 5.74) is 5.51. The summed E-state index contributed by atoms with van der Waals surface area (Å²) in [5, 5.41) is 15.4. The Morgan fingerprint density at radius 1 is 1.08 bits per heavy atom. The summed E-state index contributed by atoms with van der Waals surface area (Å²) >= 11 is 5.82. The standard InChI is InChI=1S/C27H26N6O3S/c1-17-14-21(18(2)32(17)23-11-10-20(33(34)35)15-24(23)36-3)26-25(22-9-5-7-13-29-22)30-27(37)31(26)16-19-8-4-6-12-28-19/h4-15,25-26H,16H2,1-3H3,(H,30,37)/t25-,26+/m0/s1. The smallest absolute Gasteiger partial charge is 0.273 e. The zero-order valence-electron chi connectivity index (χ0n) is 20.7. The third-order valence-electron chi connectivity index (χ3n) is 6.66. The van der Waals surface area contributed by atoms with E-state index in [2.05, 4.69) is 30.8 Å². The molecule has 1 aromatic carbocycles. The van der Waals surface area contributed by atoms with Crippen LogP contribution >= 0.6 is 12.2 Å². The van der Waals surface area contributed by atoms with Crippen molar-refractivity contribution in [2.75, 3.05) is 7.11 Å². The van der Waals surface area contributed by atoms with Gasteiger partial charge in [-0.2, -0.15) is 0 Å². The minimum atomic E-state index is -0.425. The maximum absolute atomic E-state index is 11.3. The molecular weight excluding hydrogens is 488 g/mol. The second-order valence-electron chi connectivity index (χ2n) is 8.85. The van der Waals surface area contributed by atoms with Crippen LogP contribution in [0.4, 0.5) is 5.69 Å². The van der Waals surface area contributed by atoms with E-state index in [1.807, 2.05) is 50.2 Å². The molecule has 0 bridgehead atoms. The maximum atomic E-state index is 11.3. The molecule has 0 amide bonds. The molecule has 1 fully saturated rings. The Hall–Kier alpha value is -4.31. The molecule has 3 aromatic heterocycles. The third kappa shape index (κ3) is 4.51. The normalized spacial score (nSPS) is 17.1. The van der Waals surface area contributed by atoms with Gasteiger partial charge in [-0.15, -0.1) is 0 Å². The van der Waals surface area contributed by atoms with Crippen LogP contribution in [0.15, 0.2) is 73.1 Å². The predicted octanol–water partition coefficient (Wildman–Crippen LogP) is 4.97. The highest BCUT2D eigenvalue weighted by atomic mass is 32.1. The summed E-state index contributed by atoms with van der Waals surface area (Å²) in [5.74, 6) is 0.425. The minimum Gasteiger partial charge on any atom is -0.494 e. The van der Waals surface area contributed by atoms with Gasteiger partial charge in [-0.1, -0.05) is 12.1 Å². The summed E-state index contributed by atoms with van der Waals surface area (Å²) in [7, 11) is 1.52. The van der Waals surface area contributed by atoms with E-state index in [9.17, 15) is 10.1 Å². The number of hydrogen-bond donors (Lipinski definition) is 1. The SMILES string of the molecule is COc1cc([N+](=O)[O-])ccc1-n1c(C)cc([C@@H]2[C@H](c3ccccn3)NC(=S)N2Cc2ccccn2)c1C. The fraction of sp³-hybridized carbons (Fsp3) is 0.222. The zero-order chi connectivity index (χ0) is 26.1. The first kappa shape index (κ1) is 24.4. The predicted molar refractivity (Wildman–Crippen MR) is 144 cm³/mol. The summed E-state index contributed by atoms with van der Waals surface area (Å²) < 4.78 is 7.62. The number of nitro benzene ring substituents is 1. The number of thiocarbonyl (C=S) groups is 1. The second-order valence-corrected chi connectivity index (χ2v) is 9.24. The van der Waals surface area contributed by atoms with E-state index in [4.69, 9.17) is 17.0 Å². The molecule has 0 radical (unpaired) electrons. The Kier molecular flexibility index (Phi) is 6.58. The summed E-state index contributed by atoms with van der Waals surface area (Å²) in [6.07, 6.45) is 3.56. The van der Waals surface area contributed by atoms with Gasteiger partial charge >= 0.3 is 0 Å². The number of hydrogen-bond acceptors (Lipinski definition) is 6. The Morgan fingerprint density at radius 2 is 1.84 bits per heavy atom. The van der Waals surface area contributed by atoms with Crippen LogP contribution in [0.5, 0.6) is 5.75 Å². The molecule has 10 heteroatoms. The quantitative estimate of drug-likeness (QED) is 0.210. The Morgan fingerprint density at radius 3 is 2.49 bits per heavy atom. The van der Waals surface area contributed by atoms with Crippen LogP contribution in [-0.4, -0.2) is 36.6 Å². The van der Waals surface area contributed by atoms with Crippen molar-refractivity contribution in [1.82, 2.24) is 24.8 Å². The Bertz CT molecular complexity index is 1460. The number of benzene rings is 1. The van der Waals surface area contributed by atoms with E-state index < -0.39 is 4.92 Å². The Balaban J connectivity index is 1.63. The van der Waals surface area contributed by atoms with Crippen molar-refractivity contribution in [2.24, 2.45) is 0 Å². The first-order valence-corrected chi connectivity index (χ1v) is 12.2. The molecule has 4 aromatic rings. The van der Waals surface area contributed by atoms with Crippen molar-refractivity contribution < 1.29 is 9.66 Å². The van der Waals surface area contributed by atoms with Crippen LogP contribution in [0, 0.1) is 24.0 Å². The fourth-order valence-electron chi connectivity index (χ4n) is 5.00. The number of aryl methyl sites for hydroxylation is 1. The lowest BCUT2D eigenvalue weighted by Gasteiger charge is -2.28. The lowest BCUT2D eigenvalue weighted by Crippen LogP contribution is -2.29. The van der Waals surface area contributed by atoms with Crippen LogP contribution < -0.4 is 10.1 Å². The van der Waals surface area contributed by atoms with Gasteiger partial charge in [-0.25, -0.2) is 0 Å². The molecule has 0 spiro atoms. The van der Waals surface area contributed by atoms with E-state index in [-0.39, 0.29) is 17.8 Å². The number of ether oxygens (including phenoxy) is 1. The molecule has 37 heavy (non-hydrogen) atoms. The van der Waals surface area contributed by atoms with Crippen molar-refractivity contribution in [2.45, 2.75) is 32.5 Å². The van der Waals surface area contributed by atoms with Gasteiger partial charge in [-0.3, -0.25) is 20.1 Å². The number of pyridine rings is 2. The van der Waals surface area contributed by atoms with E-state index in [1.165, 1.54) is 19.2 Å². The number of rotatable bonds is 7. The van der Waals surface area contributed by atoms with Crippen molar-refractivity contribution in [1.29, 1.82) is 0 Å². The van der Waals surface area contributed by atoms with E-state index in [1.54, 1.807) is 18.5 Å². The topological polar surface area (TPSA) is 98.3 Å². The highest BCUT2D eigenvalue weighted by Crippen LogP contribution is 2.43. The molecule has 1 saturated heterocycles. The minimum absolute atomic E-state index is 0.0228. The van der Waals surface area contributed by atoms with Crippen LogP contribution in [0.1, 0.15) is 40.4 Å². The average molecular weight is 515 g/mol. The zero-order valence-corrected chi connectivity index (χ0v) is 21.5. The molecule has 0 aliphatic carbocycles. The molecule has 4 heterocycles. The largest absolute Gasteiger partial charge is 0.494 e. The molecule has 188 valence electrons. The van der Waals surface area contributed by atoms with Gasteiger partial charge in [-0.05, 0) is 68.0 Å². The molecule has 9 nitrogen and oxygen atoms in total. The van der Waals surface area contributed by atoms with Gasteiger partial charge in [0.25, 0.3) is 5.69 Å².